The molecule has 0 saturated heterocycles. The number of oxazole rings is 1. The summed E-state index contributed by atoms with van der Waals surface area (Å²) in [5.74, 6) is 2.06. The molecule has 0 spiro atoms. The molecular formula is C16H20N2O3. The van der Waals surface area contributed by atoms with Crippen molar-refractivity contribution in [2.75, 3.05) is 7.11 Å². The van der Waals surface area contributed by atoms with Crippen LogP contribution in [0.4, 0.5) is 0 Å². The lowest BCUT2D eigenvalue weighted by Crippen LogP contribution is -2.30. The Bertz CT molecular complexity index is 588. The van der Waals surface area contributed by atoms with Crippen molar-refractivity contribution in [1.82, 2.24) is 10.3 Å². The molecule has 1 N–H and O–H groups in total. The lowest BCUT2D eigenvalue weighted by Gasteiger charge is -2.06. The predicted octanol–water partition coefficient (Wildman–Crippen LogP) is 2.81. The van der Waals surface area contributed by atoms with Gasteiger partial charge in [0.15, 0.2) is 11.7 Å². The first kappa shape index (κ1) is 15.1. The van der Waals surface area contributed by atoms with E-state index in [0.29, 0.717) is 24.5 Å². The number of aryl methyl sites for hydroxylation is 1. The Morgan fingerprint density at radius 1 is 1.33 bits per heavy atom. The van der Waals surface area contributed by atoms with Crippen LogP contribution in [0.3, 0.4) is 0 Å². The number of aromatic nitrogens is 1. The fourth-order valence-corrected chi connectivity index (χ4v) is 1.93. The third kappa shape index (κ3) is 4.34. The SMILES string of the molecule is COc1ccc(-c2cnc(CCC(=O)NC(C)C)o2)cc1. The van der Waals surface area contributed by atoms with Gasteiger partial charge in [-0.05, 0) is 38.1 Å². The predicted molar refractivity (Wildman–Crippen MR) is 80.1 cm³/mol. The van der Waals surface area contributed by atoms with E-state index in [-0.39, 0.29) is 11.9 Å². The van der Waals surface area contributed by atoms with E-state index in [4.69, 9.17) is 9.15 Å². The third-order valence-corrected chi connectivity index (χ3v) is 2.94. The monoisotopic (exact) mass is 288 g/mol. The molecule has 5 heteroatoms. The fourth-order valence-electron chi connectivity index (χ4n) is 1.93. The lowest BCUT2D eigenvalue weighted by molar-refractivity contribution is -0.121. The maximum Gasteiger partial charge on any atom is 0.220 e. The topological polar surface area (TPSA) is 64.4 Å². The van der Waals surface area contributed by atoms with Crippen LogP contribution in [0.5, 0.6) is 5.75 Å². The first-order chi connectivity index (χ1) is 10.1. The molecule has 0 fully saturated rings. The second-order valence-corrected chi connectivity index (χ2v) is 5.07. The Morgan fingerprint density at radius 2 is 2.05 bits per heavy atom. The number of benzene rings is 1. The average Bonchev–Trinajstić information content (AvgIpc) is 2.93. The maximum atomic E-state index is 11.6. The molecule has 1 aromatic heterocycles. The van der Waals surface area contributed by atoms with Crippen molar-refractivity contribution in [1.29, 1.82) is 0 Å². The van der Waals surface area contributed by atoms with Crippen LogP contribution < -0.4 is 10.1 Å². The molecule has 112 valence electrons. The van der Waals surface area contributed by atoms with Gasteiger partial charge in [-0.1, -0.05) is 0 Å². The average molecular weight is 288 g/mol. The van der Waals surface area contributed by atoms with Crippen molar-refractivity contribution >= 4 is 5.91 Å². The summed E-state index contributed by atoms with van der Waals surface area (Å²) in [7, 11) is 1.63. The Hall–Kier alpha value is -2.30. The maximum absolute atomic E-state index is 11.6. The number of methoxy groups -OCH3 is 1. The van der Waals surface area contributed by atoms with Gasteiger partial charge >= 0.3 is 0 Å². The van der Waals surface area contributed by atoms with Gasteiger partial charge in [0.25, 0.3) is 0 Å². The van der Waals surface area contributed by atoms with E-state index in [1.165, 1.54) is 0 Å². The van der Waals surface area contributed by atoms with Crippen LogP contribution in [0.2, 0.25) is 0 Å². The lowest BCUT2D eigenvalue weighted by atomic mass is 10.2. The van der Waals surface area contributed by atoms with Gasteiger partial charge in [0, 0.05) is 24.4 Å². The number of carbonyl (C=O) groups is 1. The zero-order chi connectivity index (χ0) is 15.2. The Balaban J connectivity index is 1.96. The summed E-state index contributed by atoms with van der Waals surface area (Å²) >= 11 is 0. The molecule has 2 aromatic rings. The Kier molecular flexibility index (Phi) is 4.98. The molecule has 0 saturated carbocycles. The van der Waals surface area contributed by atoms with Gasteiger partial charge in [0.2, 0.25) is 5.91 Å². The van der Waals surface area contributed by atoms with E-state index >= 15 is 0 Å². The van der Waals surface area contributed by atoms with Crippen LogP contribution in [0.1, 0.15) is 26.2 Å². The molecule has 0 aliphatic rings. The van der Waals surface area contributed by atoms with Gasteiger partial charge in [-0.2, -0.15) is 0 Å². The number of amides is 1. The number of hydrogen-bond donors (Lipinski definition) is 1. The molecule has 1 aromatic carbocycles. The van der Waals surface area contributed by atoms with E-state index in [1.54, 1.807) is 13.3 Å². The van der Waals surface area contributed by atoms with Crippen LogP contribution in [0, 0.1) is 0 Å². The number of ether oxygens (including phenoxy) is 1. The van der Waals surface area contributed by atoms with Crippen molar-refractivity contribution in [3.63, 3.8) is 0 Å². The first-order valence-corrected chi connectivity index (χ1v) is 6.97. The summed E-state index contributed by atoms with van der Waals surface area (Å²) in [6.07, 6.45) is 2.55. The van der Waals surface area contributed by atoms with Crippen LogP contribution >= 0.6 is 0 Å². The quantitative estimate of drug-likeness (QED) is 0.887. The number of rotatable bonds is 6. The van der Waals surface area contributed by atoms with Crippen molar-refractivity contribution in [2.24, 2.45) is 0 Å². The smallest absolute Gasteiger partial charge is 0.220 e. The molecule has 0 aliphatic heterocycles. The zero-order valence-corrected chi connectivity index (χ0v) is 12.6. The van der Waals surface area contributed by atoms with E-state index in [2.05, 4.69) is 10.3 Å². The molecule has 5 nitrogen and oxygen atoms in total. The van der Waals surface area contributed by atoms with Gasteiger partial charge in [0.1, 0.15) is 5.75 Å². The van der Waals surface area contributed by atoms with Crippen LogP contribution in [0.15, 0.2) is 34.9 Å². The second-order valence-electron chi connectivity index (χ2n) is 5.07. The van der Waals surface area contributed by atoms with Gasteiger partial charge in [-0.3, -0.25) is 4.79 Å². The fraction of sp³-hybridized carbons (Fsp3) is 0.375. The standard InChI is InChI=1S/C16H20N2O3/c1-11(2)18-15(19)8-9-16-17-10-14(21-16)12-4-6-13(20-3)7-5-12/h4-7,10-11H,8-9H2,1-3H3,(H,18,19). The first-order valence-electron chi connectivity index (χ1n) is 6.97. The number of nitrogens with one attached hydrogen (secondary N) is 1. The van der Waals surface area contributed by atoms with Crippen molar-refractivity contribution in [3.05, 3.63) is 36.4 Å². The molecular weight excluding hydrogens is 268 g/mol. The Labute approximate surface area is 124 Å². The largest absolute Gasteiger partial charge is 0.497 e. The van der Waals surface area contributed by atoms with Gasteiger partial charge < -0.3 is 14.5 Å². The summed E-state index contributed by atoms with van der Waals surface area (Å²) < 4.78 is 10.8. The van der Waals surface area contributed by atoms with E-state index in [0.717, 1.165) is 11.3 Å². The van der Waals surface area contributed by atoms with Gasteiger partial charge in [-0.15, -0.1) is 0 Å². The zero-order valence-electron chi connectivity index (χ0n) is 12.6. The van der Waals surface area contributed by atoms with Crippen LogP contribution in [0.25, 0.3) is 11.3 Å². The summed E-state index contributed by atoms with van der Waals surface area (Å²) in [4.78, 5) is 15.8. The summed E-state index contributed by atoms with van der Waals surface area (Å²) in [6.45, 7) is 3.87. The molecule has 2 rings (SSSR count). The van der Waals surface area contributed by atoms with Gasteiger partial charge in [-0.25, -0.2) is 4.98 Å². The molecule has 0 atom stereocenters. The third-order valence-electron chi connectivity index (χ3n) is 2.94. The highest BCUT2D eigenvalue weighted by molar-refractivity contribution is 5.76. The number of nitrogens with zero attached hydrogens (tertiary/aromatic N) is 1. The minimum Gasteiger partial charge on any atom is -0.497 e. The minimum atomic E-state index is 0.00852. The van der Waals surface area contributed by atoms with E-state index < -0.39 is 0 Å². The number of carbonyl (C=O) groups excluding carboxylic acids is 1. The summed E-state index contributed by atoms with van der Waals surface area (Å²) in [5.41, 5.74) is 0.932. The van der Waals surface area contributed by atoms with Crippen molar-refractivity contribution < 1.29 is 13.9 Å². The molecule has 0 radical (unpaired) electrons. The highest BCUT2D eigenvalue weighted by Crippen LogP contribution is 2.23. The molecule has 0 unspecified atom stereocenters. The molecule has 1 amide bonds. The molecule has 0 bridgehead atoms. The van der Waals surface area contributed by atoms with Crippen LogP contribution in [-0.2, 0) is 11.2 Å². The summed E-state index contributed by atoms with van der Waals surface area (Å²) in [5, 5.41) is 2.84. The highest BCUT2D eigenvalue weighted by atomic mass is 16.5. The Morgan fingerprint density at radius 3 is 2.67 bits per heavy atom. The van der Waals surface area contributed by atoms with Crippen molar-refractivity contribution in [2.45, 2.75) is 32.7 Å². The second kappa shape index (κ2) is 6.92. The molecule has 1 heterocycles. The van der Waals surface area contributed by atoms with Crippen molar-refractivity contribution in [3.8, 4) is 17.1 Å². The number of hydrogen-bond acceptors (Lipinski definition) is 4. The molecule has 0 aliphatic carbocycles. The highest BCUT2D eigenvalue weighted by Gasteiger charge is 2.09. The summed E-state index contributed by atoms with van der Waals surface area (Å²) in [6, 6.07) is 7.71. The normalized spacial score (nSPS) is 10.7. The van der Waals surface area contributed by atoms with Gasteiger partial charge in [0.05, 0.1) is 13.3 Å². The van der Waals surface area contributed by atoms with Crippen LogP contribution in [-0.4, -0.2) is 24.0 Å². The minimum absolute atomic E-state index is 0.00852. The molecule has 21 heavy (non-hydrogen) atoms. The van der Waals surface area contributed by atoms with E-state index in [1.807, 2.05) is 38.1 Å². The van der Waals surface area contributed by atoms with E-state index in [9.17, 15) is 4.79 Å².